The minimum absolute atomic E-state index is 0.0261. The van der Waals surface area contributed by atoms with Crippen molar-refractivity contribution in [3.63, 3.8) is 0 Å². The Labute approximate surface area is 151 Å². The van der Waals surface area contributed by atoms with E-state index in [-0.39, 0.29) is 11.3 Å². The SMILES string of the molecule is COc1cc(C#N)cc(-c2csc([C@@]3(C)CC(=N)N(C)C(=O)C3)c2)c1. The summed E-state index contributed by atoms with van der Waals surface area (Å²) in [6.45, 7) is 2.04. The molecule has 1 atom stereocenters. The molecule has 5 nitrogen and oxygen atoms in total. The number of carbonyl (C=O) groups excluding carboxylic acids is 1. The Morgan fingerprint density at radius 2 is 2.04 bits per heavy atom. The number of thiophene rings is 1. The summed E-state index contributed by atoms with van der Waals surface area (Å²) in [4.78, 5) is 14.7. The van der Waals surface area contributed by atoms with Crippen molar-refractivity contribution in [2.24, 2.45) is 0 Å². The normalized spacial score (nSPS) is 20.5. The lowest BCUT2D eigenvalue weighted by molar-refractivity contribution is -0.128. The van der Waals surface area contributed by atoms with Crippen LogP contribution in [0.5, 0.6) is 5.75 Å². The van der Waals surface area contributed by atoms with Gasteiger partial charge in [-0.1, -0.05) is 6.92 Å². The van der Waals surface area contributed by atoms with Crippen LogP contribution >= 0.6 is 11.3 Å². The van der Waals surface area contributed by atoms with Crippen LogP contribution in [0, 0.1) is 16.7 Å². The molecule has 0 saturated carbocycles. The summed E-state index contributed by atoms with van der Waals surface area (Å²) in [6, 6.07) is 9.65. The van der Waals surface area contributed by atoms with E-state index in [9.17, 15) is 10.1 Å². The lowest BCUT2D eigenvalue weighted by Crippen LogP contribution is -2.46. The summed E-state index contributed by atoms with van der Waals surface area (Å²) in [5.74, 6) is 0.966. The molecule has 1 aliphatic rings. The molecule has 0 aliphatic carbocycles. The maximum Gasteiger partial charge on any atom is 0.228 e. The van der Waals surface area contributed by atoms with Gasteiger partial charge in [-0.05, 0) is 40.8 Å². The summed E-state index contributed by atoms with van der Waals surface area (Å²) in [6.07, 6.45) is 0.935. The second kappa shape index (κ2) is 6.34. The maximum atomic E-state index is 12.2. The average Bonchev–Trinajstić information content (AvgIpc) is 3.10. The van der Waals surface area contributed by atoms with Gasteiger partial charge in [0, 0.05) is 30.2 Å². The number of amidine groups is 1. The fourth-order valence-electron chi connectivity index (χ4n) is 3.08. The molecule has 1 aromatic carbocycles. The van der Waals surface area contributed by atoms with Gasteiger partial charge in [0.1, 0.15) is 11.6 Å². The van der Waals surface area contributed by atoms with Crippen LogP contribution in [0.2, 0.25) is 0 Å². The highest BCUT2D eigenvalue weighted by atomic mass is 32.1. The highest BCUT2D eigenvalue weighted by Crippen LogP contribution is 2.41. The van der Waals surface area contributed by atoms with Gasteiger partial charge in [-0.25, -0.2) is 0 Å². The zero-order valence-corrected chi connectivity index (χ0v) is 15.2. The third-order valence-electron chi connectivity index (χ3n) is 4.68. The van der Waals surface area contributed by atoms with Crippen molar-refractivity contribution in [3.8, 4) is 22.9 Å². The number of piperidine rings is 1. The zero-order valence-electron chi connectivity index (χ0n) is 14.4. The van der Waals surface area contributed by atoms with Crippen LogP contribution in [0.4, 0.5) is 0 Å². The molecule has 1 fully saturated rings. The molecular formula is C19H19N3O2S. The first kappa shape index (κ1) is 17.2. The predicted octanol–water partition coefficient (Wildman–Crippen LogP) is 3.78. The van der Waals surface area contributed by atoms with Crippen molar-refractivity contribution in [2.45, 2.75) is 25.2 Å². The van der Waals surface area contributed by atoms with Crippen molar-refractivity contribution in [1.29, 1.82) is 10.7 Å². The van der Waals surface area contributed by atoms with Gasteiger partial charge in [0.15, 0.2) is 0 Å². The Morgan fingerprint density at radius 1 is 1.28 bits per heavy atom. The number of benzene rings is 1. The van der Waals surface area contributed by atoms with E-state index in [0.29, 0.717) is 30.0 Å². The van der Waals surface area contributed by atoms with Gasteiger partial charge in [-0.15, -0.1) is 11.3 Å². The monoisotopic (exact) mass is 353 g/mol. The summed E-state index contributed by atoms with van der Waals surface area (Å²) in [5.41, 5.74) is 2.09. The summed E-state index contributed by atoms with van der Waals surface area (Å²) in [7, 11) is 3.24. The third-order valence-corrected chi connectivity index (χ3v) is 5.91. The Morgan fingerprint density at radius 3 is 2.68 bits per heavy atom. The quantitative estimate of drug-likeness (QED) is 0.912. The molecule has 128 valence electrons. The zero-order chi connectivity index (χ0) is 18.2. The molecule has 1 saturated heterocycles. The largest absolute Gasteiger partial charge is 0.497 e. The molecule has 6 heteroatoms. The summed E-state index contributed by atoms with van der Waals surface area (Å²) >= 11 is 1.59. The second-order valence-corrected chi connectivity index (χ2v) is 7.49. The number of nitrogens with one attached hydrogen (secondary N) is 1. The number of hydrogen-bond donors (Lipinski definition) is 1. The van der Waals surface area contributed by atoms with E-state index in [0.717, 1.165) is 16.0 Å². The molecule has 0 radical (unpaired) electrons. The first-order valence-electron chi connectivity index (χ1n) is 7.89. The highest BCUT2D eigenvalue weighted by molar-refractivity contribution is 7.10. The van der Waals surface area contributed by atoms with E-state index in [4.69, 9.17) is 10.1 Å². The predicted molar refractivity (Wildman–Crippen MR) is 98.1 cm³/mol. The Bertz CT molecular complexity index is 876. The topological polar surface area (TPSA) is 77.2 Å². The van der Waals surface area contributed by atoms with Gasteiger partial charge in [0.2, 0.25) is 5.91 Å². The van der Waals surface area contributed by atoms with Crippen LogP contribution in [-0.2, 0) is 10.2 Å². The van der Waals surface area contributed by atoms with Gasteiger partial charge in [0.25, 0.3) is 0 Å². The van der Waals surface area contributed by atoms with Crippen LogP contribution in [0.15, 0.2) is 29.6 Å². The molecule has 1 aliphatic heterocycles. The van der Waals surface area contributed by atoms with Crippen LogP contribution in [0.1, 0.15) is 30.2 Å². The van der Waals surface area contributed by atoms with Crippen molar-refractivity contribution in [2.75, 3.05) is 14.2 Å². The lowest BCUT2D eigenvalue weighted by atomic mass is 9.78. The smallest absolute Gasteiger partial charge is 0.228 e. The van der Waals surface area contributed by atoms with Crippen molar-refractivity contribution < 1.29 is 9.53 Å². The number of likely N-dealkylation sites (tertiary alicyclic amines) is 1. The number of nitrogens with zero attached hydrogens (tertiary/aromatic N) is 2. The minimum atomic E-state index is -0.361. The van der Waals surface area contributed by atoms with E-state index >= 15 is 0 Å². The summed E-state index contributed by atoms with van der Waals surface area (Å²) < 4.78 is 5.28. The van der Waals surface area contributed by atoms with E-state index in [1.807, 2.05) is 24.4 Å². The van der Waals surface area contributed by atoms with E-state index < -0.39 is 0 Å². The van der Waals surface area contributed by atoms with Crippen LogP contribution in [0.25, 0.3) is 11.1 Å². The number of carbonyl (C=O) groups is 1. The van der Waals surface area contributed by atoms with Crippen LogP contribution in [-0.4, -0.2) is 30.8 Å². The molecule has 0 bridgehead atoms. The van der Waals surface area contributed by atoms with Gasteiger partial charge >= 0.3 is 0 Å². The molecule has 0 unspecified atom stereocenters. The minimum Gasteiger partial charge on any atom is -0.497 e. The van der Waals surface area contributed by atoms with Crippen molar-refractivity contribution in [1.82, 2.24) is 4.90 Å². The average molecular weight is 353 g/mol. The molecule has 2 heterocycles. The van der Waals surface area contributed by atoms with Crippen molar-refractivity contribution >= 4 is 23.1 Å². The fourth-order valence-corrected chi connectivity index (χ4v) is 4.16. The number of methoxy groups -OCH3 is 1. The summed E-state index contributed by atoms with van der Waals surface area (Å²) in [5, 5.41) is 19.3. The molecule has 3 rings (SSSR count). The van der Waals surface area contributed by atoms with Crippen LogP contribution < -0.4 is 4.74 Å². The molecular weight excluding hydrogens is 334 g/mol. The molecule has 0 spiro atoms. The lowest BCUT2D eigenvalue weighted by Gasteiger charge is -2.36. The van der Waals surface area contributed by atoms with Gasteiger partial charge < -0.3 is 9.64 Å². The van der Waals surface area contributed by atoms with Gasteiger partial charge in [-0.3, -0.25) is 10.2 Å². The standard InChI is InChI=1S/C19H19N3O2S/c1-19(8-17(21)22(2)18(23)9-19)16-7-14(11-25-16)13-4-12(10-20)5-15(6-13)24-3/h4-7,11,21H,8-9H2,1-3H3/t19-/m0/s1. The number of ether oxygens (including phenoxy) is 1. The van der Waals surface area contributed by atoms with Crippen molar-refractivity contribution in [3.05, 3.63) is 40.1 Å². The second-order valence-electron chi connectivity index (χ2n) is 6.58. The Balaban J connectivity index is 1.97. The first-order valence-corrected chi connectivity index (χ1v) is 8.77. The molecule has 1 amide bonds. The highest BCUT2D eigenvalue weighted by Gasteiger charge is 2.39. The number of rotatable bonds is 3. The molecule has 25 heavy (non-hydrogen) atoms. The fraction of sp³-hybridized carbons (Fsp3) is 0.316. The van der Waals surface area contributed by atoms with Crippen LogP contribution in [0.3, 0.4) is 0 Å². The van der Waals surface area contributed by atoms with Gasteiger partial charge in [-0.2, -0.15) is 5.26 Å². The number of hydrogen-bond acceptors (Lipinski definition) is 5. The number of amides is 1. The first-order chi connectivity index (χ1) is 11.9. The third kappa shape index (κ3) is 3.15. The van der Waals surface area contributed by atoms with Gasteiger partial charge in [0.05, 0.1) is 18.7 Å². The van der Waals surface area contributed by atoms with E-state index in [2.05, 4.69) is 12.1 Å². The Hall–Kier alpha value is -2.65. The maximum absolute atomic E-state index is 12.2. The number of nitriles is 1. The molecule has 1 aromatic heterocycles. The molecule has 1 N–H and O–H groups in total. The van der Waals surface area contributed by atoms with E-state index in [1.54, 1.807) is 31.6 Å². The Kier molecular flexibility index (Phi) is 4.36. The van der Waals surface area contributed by atoms with E-state index in [1.165, 1.54) is 4.90 Å². The molecule has 2 aromatic rings.